The zero-order chi connectivity index (χ0) is 48.5. The maximum Gasteiger partial charge on any atom is 0.0689 e. The lowest BCUT2D eigenvalue weighted by atomic mass is 9.62. The number of fused-ring (bicyclic) bond motifs is 6. The summed E-state index contributed by atoms with van der Waals surface area (Å²) in [6.07, 6.45) is 0.954. The lowest BCUT2D eigenvalue weighted by Gasteiger charge is -2.40. The van der Waals surface area contributed by atoms with E-state index in [2.05, 4.69) is 273 Å². The minimum atomic E-state index is -0.430. The minimum absolute atomic E-state index is 0.0857. The number of nitrogens with zero attached hydrogens (tertiary/aromatic N) is 3. The summed E-state index contributed by atoms with van der Waals surface area (Å²) < 4.78 is 0. The fraction of sp³-hybridized carbons (Fsp3) is 0.258. The molecule has 0 amide bonds. The highest BCUT2D eigenvalue weighted by molar-refractivity contribution is 5.88. The maximum atomic E-state index is 10.1. The van der Waals surface area contributed by atoms with Gasteiger partial charge in [-0.2, -0.15) is 5.26 Å². The van der Waals surface area contributed by atoms with E-state index in [4.69, 9.17) is 0 Å². The topological polar surface area (TPSA) is 30.3 Å². The van der Waals surface area contributed by atoms with Gasteiger partial charge in [-0.25, -0.2) is 0 Å². The van der Waals surface area contributed by atoms with E-state index in [-0.39, 0.29) is 16.2 Å². The van der Waals surface area contributed by atoms with Crippen molar-refractivity contribution in [1.82, 2.24) is 0 Å². The molecule has 0 spiro atoms. The van der Waals surface area contributed by atoms with Crippen LogP contribution in [0.2, 0.25) is 0 Å². The number of nitriles is 1. The predicted octanol–water partition coefficient (Wildman–Crippen LogP) is 18.6. The van der Waals surface area contributed by atoms with Crippen molar-refractivity contribution in [3.05, 3.63) is 216 Å². The molecular weight excluding hydrogens is 835 g/mol. The summed E-state index contributed by atoms with van der Waals surface area (Å²) in [4.78, 5) is 4.77. The Labute approximate surface area is 411 Å². The highest BCUT2D eigenvalue weighted by atomic mass is 15.1. The Morgan fingerprint density at radius 2 is 0.812 bits per heavy atom. The number of hydrogen-bond donors (Lipinski definition) is 0. The summed E-state index contributed by atoms with van der Waals surface area (Å²) in [5.41, 5.74) is 20.4. The number of anilines is 6. The largest absolute Gasteiger partial charge is 0.310 e. The van der Waals surface area contributed by atoms with Gasteiger partial charge in [0.1, 0.15) is 0 Å². The summed E-state index contributed by atoms with van der Waals surface area (Å²) in [6, 6.07) is 72.2. The first kappa shape index (κ1) is 45.6. The molecule has 0 aromatic heterocycles. The van der Waals surface area contributed by atoms with E-state index >= 15 is 0 Å². The molecule has 0 saturated heterocycles. The molecular formula is C66H65N3. The second-order valence-electron chi connectivity index (χ2n) is 22.2. The molecule has 69 heavy (non-hydrogen) atoms. The Hall–Kier alpha value is -7.15. The van der Waals surface area contributed by atoms with Gasteiger partial charge in [-0.1, -0.05) is 171 Å². The van der Waals surface area contributed by atoms with Gasteiger partial charge in [0.2, 0.25) is 0 Å². The third-order valence-electron chi connectivity index (χ3n) is 16.3. The summed E-state index contributed by atoms with van der Waals surface area (Å²) in [7, 11) is 0. The molecule has 0 fully saturated rings. The van der Waals surface area contributed by atoms with Crippen LogP contribution in [-0.4, -0.2) is 0 Å². The number of benzene rings is 8. The quantitative estimate of drug-likeness (QED) is 0.122. The van der Waals surface area contributed by atoms with Crippen LogP contribution in [-0.2, 0) is 10.8 Å². The fourth-order valence-electron chi connectivity index (χ4n) is 11.3. The number of rotatable bonds is 12. The molecule has 0 aliphatic heterocycles. The van der Waals surface area contributed by atoms with E-state index in [9.17, 15) is 5.26 Å². The smallest absolute Gasteiger partial charge is 0.0689 e. The van der Waals surface area contributed by atoms with E-state index in [1.54, 1.807) is 0 Å². The zero-order valence-corrected chi connectivity index (χ0v) is 42.1. The van der Waals surface area contributed by atoms with Crippen LogP contribution in [0.1, 0.15) is 109 Å². The Balaban J connectivity index is 0.950. The maximum absolute atomic E-state index is 10.1. The molecule has 0 N–H and O–H groups in total. The van der Waals surface area contributed by atoms with E-state index in [0.29, 0.717) is 11.8 Å². The summed E-state index contributed by atoms with van der Waals surface area (Å²) in [5, 5.41) is 10.1. The highest BCUT2D eigenvalue weighted by Crippen LogP contribution is 2.54. The summed E-state index contributed by atoms with van der Waals surface area (Å²) in [5.74, 6) is 0.784. The molecule has 344 valence electrons. The van der Waals surface area contributed by atoms with Crippen molar-refractivity contribution >= 4 is 34.1 Å². The SMILES string of the molecule is CC(C)C(CC(C)(C)C(C)(C)C#N)c1ccc2c(c1)C(C)(C)c1cc(N(c3ccccc3)c3ccc(-c4ccc(N(c5ccccc5)c5ccc6c(c5)C(C)(C)c5ccccc5-6)cc4)cc3)ccc1-2. The number of hydrogen-bond acceptors (Lipinski definition) is 3. The van der Waals surface area contributed by atoms with Crippen molar-refractivity contribution in [2.45, 2.75) is 92.4 Å². The second kappa shape index (κ2) is 17.1. The van der Waals surface area contributed by atoms with Gasteiger partial charge in [-0.3, -0.25) is 0 Å². The van der Waals surface area contributed by atoms with Crippen molar-refractivity contribution in [3.63, 3.8) is 0 Å². The molecule has 8 aromatic rings. The van der Waals surface area contributed by atoms with Crippen LogP contribution in [0, 0.1) is 28.1 Å². The average Bonchev–Trinajstić information content (AvgIpc) is 3.72. The first-order valence-electron chi connectivity index (χ1n) is 24.9. The molecule has 2 aliphatic rings. The van der Waals surface area contributed by atoms with Gasteiger partial charge in [-0.05, 0) is 172 Å². The van der Waals surface area contributed by atoms with Gasteiger partial charge < -0.3 is 9.80 Å². The van der Waals surface area contributed by atoms with E-state index < -0.39 is 5.41 Å². The van der Waals surface area contributed by atoms with Crippen molar-refractivity contribution in [3.8, 4) is 39.4 Å². The normalized spacial score (nSPS) is 14.6. The van der Waals surface area contributed by atoms with Gasteiger partial charge in [0.25, 0.3) is 0 Å². The van der Waals surface area contributed by atoms with Crippen LogP contribution >= 0.6 is 0 Å². The predicted molar refractivity (Wildman–Crippen MR) is 292 cm³/mol. The Morgan fingerprint density at radius 3 is 1.28 bits per heavy atom. The highest BCUT2D eigenvalue weighted by Gasteiger charge is 2.42. The molecule has 0 heterocycles. The summed E-state index contributed by atoms with van der Waals surface area (Å²) in [6.45, 7) is 22.8. The molecule has 1 atom stereocenters. The van der Waals surface area contributed by atoms with Crippen LogP contribution in [0.5, 0.6) is 0 Å². The molecule has 8 aromatic carbocycles. The van der Waals surface area contributed by atoms with Crippen molar-refractivity contribution in [2.24, 2.45) is 16.7 Å². The Kier molecular flexibility index (Phi) is 11.3. The van der Waals surface area contributed by atoms with Gasteiger partial charge in [0.05, 0.1) is 11.5 Å². The van der Waals surface area contributed by atoms with Crippen LogP contribution in [0.4, 0.5) is 34.1 Å². The third kappa shape index (κ3) is 7.85. The standard InChI is InChI=1S/C66H65N3/c1-44(2)58(42-63(3,4)64(5,6)43-67)47-29-36-55-57-38-35-53(41-62(57)66(9,10)60(55)39-47)69(49-21-15-12-16-22-49)51-32-27-46(28-33-51)45-25-30-50(31-26-45)68(48-19-13-11-14-20-48)52-34-37-56-54-23-17-18-24-59(54)65(7,8)61(56)40-52/h11-41,44,58H,42H2,1-10H3. The second-order valence-corrected chi connectivity index (χ2v) is 22.2. The molecule has 1 unspecified atom stereocenters. The minimum Gasteiger partial charge on any atom is -0.310 e. The van der Waals surface area contributed by atoms with E-state index in [1.807, 2.05) is 0 Å². The third-order valence-corrected chi connectivity index (χ3v) is 16.3. The fourth-order valence-corrected chi connectivity index (χ4v) is 11.3. The molecule has 10 rings (SSSR count). The first-order valence-corrected chi connectivity index (χ1v) is 24.9. The lowest BCUT2D eigenvalue weighted by molar-refractivity contribution is 0.136. The monoisotopic (exact) mass is 900 g/mol. The Morgan fingerprint density at radius 1 is 0.435 bits per heavy atom. The van der Waals surface area contributed by atoms with Crippen LogP contribution in [0.25, 0.3) is 33.4 Å². The van der Waals surface area contributed by atoms with Crippen molar-refractivity contribution < 1.29 is 0 Å². The lowest BCUT2D eigenvalue weighted by Crippen LogP contribution is -2.33. The molecule has 0 saturated carbocycles. The van der Waals surface area contributed by atoms with Crippen molar-refractivity contribution in [2.75, 3.05) is 9.80 Å². The van der Waals surface area contributed by atoms with Gasteiger partial charge in [0, 0.05) is 45.0 Å². The van der Waals surface area contributed by atoms with Gasteiger partial charge >= 0.3 is 0 Å². The van der Waals surface area contributed by atoms with Crippen LogP contribution < -0.4 is 9.80 Å². The molecule has 3 heteroatoms. The van der Waals surface area contributed by atoms with Gasteiger partial charge in [-0.15, -0.1) is 0 Å². The molecule has 0 bridgehead atoms. The summed E-state index contributed by atoms with van der Waals surface area (Å²) >= 11 is 0. The molecule has 0 radical (unpaired) electrons. The van der Waals surface area contributed by atoms with Crippen LogP contribution in [0.3, 0.4) is 0 Å². The van der Waals surface area contributed by atoms with Crippen molar-refractivity contribution in [1.29, 1.82) is 5.26 Å². The van der Waals surface area contributed by atoms with Gasteiger partial charge in [0.15, 0.2) is 0 Å². The molecule has 2 aliphatic carbocycles. The van der Waals surface area contributed by atoms with E-state index in [0.717, 1.165) is 40.5 Å². The number of para-hydroxylation sites is 2. The Bertz CT molecular complexity index is 3220. The first-order chi connectivity index (χ1) is 33.0. The zero-order valence-electron chi connectivity index (χ0n) is 42.1. The molecule has 3 nitrogen and oxygen atoms in total. The van der Waals surface area contributed by atoms with Crippen LogP contribution in [0.15, 0.2) is 188 Å². The van der Waals surface area contributed by atoms with E-state index in [1.165, 1.54) is 61.2 Å². The average molecular weight is 900 g/mol.